The van der Waals surface area contributed by atoms with Gasteiger partial charge in [-0.15, -0.1) is 0 Å². The lowest BCUT2D eigenvalue weighted by Crippen LogP contribution is -2.41. The molecule has 0 radical (unpaired) electrons. The highest BCUT2D eigenvalue weighted by atomic mass is 35.5. The van der Waals surface area contributed by atoms with Crippen molar-refractivity contribution < 1.29 is 9.59 Å². The third kappa shape index (κ3) is 4.29. The van der Waals surface area contributed by atoms with Crippen molar-refractivity contribution in [3.05, 3.63) is 71.4 Å². The number of amides is 2. The van der Waals surface area contributed by atoms with Crippen molar-refractivity contribution >= 4 is 29.1 Å². The first-order valence-electron chi connectivity index (χ1n) is 8.00. The number of carbonyl (C=O) groups excluding carboxylic acids is 2. The minimum absolute atomic E-state index is 0.304. The summed E-state index contributed by atoms with van der Waals surface area (Å²) in [5.41, 5.74) is 2.94. The monoisotopic (exact) mass is 368 g/mol. The highest BCUT2D eigenvalue weighted by Gasteiger charge is 2.16. The largest absolute Gasteiger partial charge is 0.341 e. The molecule has 0 saturated heterocycles. The van der Waals surface area contributed by atoms with E-state index in [1.165, 1.54) is 0 Å². The van der Waals surface area contributed by atoms with Gasteiger partial charge in [-0.3, -0.25) is 14.7 Å². The molecule has 0 fully saturated rings. The molecule has 0 spiro atoms. The molecule has 3 rings (SSSR count). The standard InChI is InChI=1S/C19H17ClN4O2/c1-12(22-19(26)14-2-6-15(20)7-3-14)18(25)23-16-8-4-13(5-9-16)17-10-11-21-24-17/h2-12H,1H3,(H,21,24)(H,22,26)(H,23,25). The molecule has 1 aromatic heterocycles. The van der Waals surface area contributed by atoms with Gasteiger partial charge in [0.1, 0.15) is 6.04 Å². The number of anilines is 1. The second-order valence-electron chi connectivity index (χ2n) is 5.74. The lowest BCUT2D eigenvalue weighted by atomic mass is 10.1. The van der Waals surface area contributed by atoms with Gasteiger partial charge in [-0.05, 0) is 55.0 Å². The Balaban J connectivity index is 1.58. The Hall–Kier alpha value is -3.12. The van der Waals surface area contributed by atoms with Crippen molar-refractivity contribution in [2.24, 2.45) is 0 Å². The molecular weight excluding hydrogens is 352 g/mol. The Morgan fingerprint density at radius 1 is 1.04 bits per heavy atom. The fraction of sp³-hybridized carbons (Fsp3) is 0.105. The number of aromatic amines is 1. The quantitative estimate of drug-likeness (QED) is 0.644. The summed E-state index contributed by atoms with van der Waals surface area (Å²) in [4.78, 5) is 24.4. The van der Waals surface area contributed by atoms with E-state index in [1.807, 2.05) is 18.2 Å². The lowest BCUT2D eigenvalue weighted by Gasteiger charge is -2.14. The minimum atomic E-state index is -0.689. The van der Waals surface area contributed by atoms with Crippen molar-refractivity contribution in [1.29, 1.82) is 0 Å². The van der Waals surface area contributed by atoms with Crippen molar-refractivity contribution in [3.63, 3.8) is 0 Å². The molecule has 0 aliphatic rings. The number of hydrogen-bond donors (Lipinski definition) is 3. The third-order valence-electron chi connectivity index (χ3n) is 3.81. The van der Waals surface area contributed by atoms with Crippen molar-refractivity contribution in [3.8, 4) is 11.3 Å². The average molecular weight is 369 g/mol. The molecule has 1 unspecified atom stereocenters. The minimum Gasteiger partial charge on any atom is -0.341 e. The van der Waals surface area contributed by atoms with E-state index in [2.05, 4.69) is 20.8 Å². The molecule has 3 aromatic rings. The molecule has 2 amide bonds. The Morgan fingerprint density at radius 2 is 1.73 bits per heavy atom. The van der Waals surface area contributed by atoms with Crippen LogP contribution in [0.2, 0.25) is 5.02 Å². The topological polar surface area (TPSA) is 86.9 Å². The predicted octanol–water partition coefficient (Wildman–Crippen LogP) is 3.49. The summed E-state index contributed by atoms with van der Waals surface area (Å²) in [6.07, 6.45) is 1.68. The maximum atomic E-state index is 12.3. The Bertz CT molecular complexity index is 890. The molecule has 7 heteroatoms. The normalized spacial score (nSPS) is 11.6. The summed E-state index contributed by atoms with van der Waals surface area (Å²) in [7, 11) is 0. The Labute approximate surface area is 155 Å². The molecule has 0 aliphatic heterocycles. The molecule has 3 N–H and O–H groups in total. The molecule has 0 saturated carbocycles. The fourth-order valence-electron chi connectivity index (χ4n) is 2.35. The van der Waals surface area contributed by atoms with Crippen LogP contribution < -0.4 is 10.6 Å². The molecule has 2 aromatic carbocycles. The number of H-pyrrole nitrogens is 1. The Kier molecular flexibility index (Phi) is 5.34. The van der Waals surface area contributed by atoms with Gasteiger partial charge < -0.3 is 10.6 Å². The van der Waals surface area contributed by atoms with Gasteiger partial charge in [-0.25, -0.2) is 0 Å². The molecule has 132 valence electrons. The predicted molar refractivity (Wildman–Crippen MR) is 101 cm³/mol. The van der Waals surface area contributed by atoms with Gasteiger partial charge in [0.15, 0.2) is 0 Å². The summed E-state index contributed by atoms with van der Waals surface area (Å²) >= 11 is 5.81. The summed E-state index contributed by atoms with van der Waals surface area (Å²) < 4.78 is 0. The van der Waals surface area contributed by atoms with Gasteiger partial charge in [0, 0.05) is 22.5 Å². The Morgan fingerprint density at radius 3 is 2.35 bits per heavy atom. The summed E-state index contributed by atoms with van der Waals surface area (Å²) in [6.45, 7) is 1.63. The summed E-state index contributed by atoms with van der Waals surface area (Å²) in [6, 6.07) is 15.0. The molecule has 0 aliphatic carbocycles. The van der Waals surface area contributed by atoms with Crippen LogP contribution in [-0.2, 0) is 4.79 Å². The van der Waals surface area contributed by atoms with E-state index in [-0.39, 0.29) is 11.8 Å². The van der Waals surface area contributed by atoms with Crippen LogP contribution in [0.4, 0.5) is 5.69 Å². The van der Waals surface area contributed by atoms with Crippen LogP contribution in [-0.4, -0.2) is 28.1 Å². The third-order valence-corrected chi connectivity index (χ3v) is 4.06. The molecule has 6 nitrogen and oxygen atoms in total. The van der Waals surface area contributed by atoms with Crippen LogP contribution in [0.1, 0.15) is 17.3 Å². The van der Waals surface area contributed by atoms with Gasteiger partial charge in [0.2, 0.25) is 5.91 Å². The van der Waals surface area contributed by atoms with Gasteiger partial charge in [-0.2, -0.15) is 5.10 Å². The number of carbonyl (C=O) groups is 2. The number of nitrogens with one attached hydrogen (secondary N) is 3. The molecule has 1 atom stereocenters. The van der Waals surface area contributed by atoms with Crippen molar-refractivity contribution in [2.75, 3.05) is 5.32 Å². The molecule has 0 bridgehead atoms. The first-order chi connectivity index (χ1) is 12.5. The van der Waals surface area contributed by atoms with Crippen molar-refractivity contribution in [1.82, 2.24) is 15.5 Å². The van der Waals surface area contributed by atoms with E-state index in [9.17, 15) is 9.59 Å². The van der Waals surface area contributed by atoms with E-state index in [0.29, 0.717) is 16.3 Å². The van der Waals surface area contributed by atoms with Crippen LogP contribution in [0.15, 0.2) is 60.8 Å². The number of benzene rings is 2. The zero-order valence-corrected chi connectivity index (χ0v) is 14.7. The number of rotatable bonds is 5. The second kappa shape index (κ2) is 7.84. The number of halogens is 1. The number of nitrogens with zero attached hydrogens (tertiary/aromatic N) is 1. The maximum absolute atomic E-state index is 12.3. The van der Waals surface area contributed by atoms with Gasteiger partial charge in [-0.1, -0.05) is 23.7 Å². The smallest absolute Gasteiger partial charge is 0.251 e. The van der Waals surface area contributed by atoms with Gasteiger partial charge in [0.25, 0.3) is 5.91 Å². The zero-order chi connectivity index (χ0) is 18.5. The first-order valence-corrected chi connectivity index (χ1v) is 8.38. The summed E-state index contributed by atoms with van der Waals surface area (Å²) in [5.74, 6) is -0.638. The van der Waals surface area contributed by atoms with Crippen LogP contribution in [0, 0.1) is 0 Å². The maximum Gasteiger partial charge on any atom is 0.251 e. The molecule has 26 heavy (non-hydrogen) atoms. The molecular formula is C19H17ClN4O2. The van der Waals surface area contributed by atoms with E-state index in [4.69, 9.17) is 11.6 Å². The highest BCUT2D eigenvalue weighted by molar-refractivity contribution is 6.30. The van der Waals surface area contributed by atoms with E-state index < -0.39 is 6.04 Å². The number of aromatic nitrogens is 2. The SMILES string of the molecule is CC(NC(=O)c1ccc(Cl)cc1)C(=O)Nc1ccc(-c2ccn[nH]2)cc1. The van der Waals surface area contributed by atoms with Crippen LogP contribution in [0.25, 0.3) is 11.3 Å². The van der Waals surface area contributed by atoms with Crippen molar-refractivity contribution in [2.45, 2.75) is 13.0 Å². The van der Waals surface area contributed by atoms with Crippen LogP contribution in [0.5, 0.6) is 0 Å². The molecule has 1 heterocycles. The van der Waals surface area contributed by atoms with E-state index in [0.717, 1.165) is 11.3 Å². The summed E-state index contributed by atoms with van der Waals surface area (Å²) in [5, 5.41) is 12.8. The second-order valence-corrected chi connectivity index (χ2v) is 6.18. The lowest BCUT2D eigenvalue weighted by molar-refractivity contribution is -0.117. The van der Waals surface area contributed by atoms with E-state index >= 15 is 0 Å². The van der Waals surface area contributed by atoms with E-state index in [1.54, 1.807) is 49.5 Å². The number of hydrogen-bond acceptors (Lipinski definition) is 3. The first kappa shape index (κ1) is 17.7. The fourth-order valence-corrected chi connectivity index (χ4v) is 2.47. The highest BCUT2D eigenvalue weighted by Crippen LogP contribution is 2.19. The average Bonchev–Trinajstić information content (AvgIpc) is 3.17. The van der Waals surface area contributed by atoms with Crippen LogP contribution in [0.3, 0.4) is 0 Å². The zero-order valence-electron chi connectivity index (χ0n) is 14.0. The van der Waals surface area contributed by atoms with Gasteiger partial charge in [0.05, 0.1) is 5.69 Å². The van der Waals surface area contributed by atoms with Crippen LogP contribution >= 0.6 is 11.6 Å². The van der Waals surface area contributed by atoms with Gasteiger partial charge >= 0.3 is 0 Å².